The van der Waals surface area contributed by atoms with Crippen LogP contribution in [0.3, 0.4) is 0 Å². The minimum atomic E-state index is 0.633. The molecule has 88 valence electrons. The van der Waals surface area contributed by atoms with Gasteiger partial charge in [-0.05, 0) is 13.0 Å². The summed E-state index contributed by atoms with van der Waals surface area (Å²) < 4.78 is 10.6. The van der Waals surface area contributed by atoms with Gasteiger partial charge in [0.2, 0.25) is 5.88 Å². The predicted molar refractivity (Wildman–Crippen MR) is 61.4 cm³/mol. The standard InChI is InChI=1S/C11H17N3O2/c1-2-16-11-5-3-4-10(12-11)13-14-6-8-15-9-7-14/h3-5H,2,6-9H2,1H3,(H,12,13). The number of anilines is 1. The molecule has 0 bridgehead atoms. The Morgan fingerprint density at radius 3 is 3.00 bits per heavy atom. The first-order valence-electron chi connectivity index (χ1n) is 5.57. The van der Waals surface area contributed by atoms with E-state index < -0.39 is 0 Å². The van der Waals surface area contributed by atoms with Crippen LogP contribution in [0, 0.1) is 0 Å². The molecule has 1 aromatic rings. The predicted octanol–water partition coefficient (Wildman–Crippen LogP) is 1.14. The lowest BCUT2D eigenvalue weighted by molar-refractivity contribution is 0.0494. The Labute approximate surface area is 95.3 Å². The number of hydrazine groups is 1. The summed E-state index contributed by atoms with van der Waals surface area (Å²) in [5, 5.41) is 2.10. The summed E-state index contributed by atoms with van der Waals surface area (Å²) in [5.74, 6) is 1.47. The average molecular weight is 223 g/mol. The van der Waals surface area contributed by atoms with Gasteiger partial charge in [0.15, 0.2) is 0 Å². The molecule has 1 saturated heterocycles. The van der Waals surface area contributed by atoms with E-state index in [1.165, 1.54) is 0 Å². The van der Waals surface area contributed by atoms with Crippen LogP contribution < -0.4 is 10.2 Å². The maximum atomic E-state index is 5.34. The molecule has 5 heteroatoms. The lowest BCUT2D eigenvalue weighted by atomic mass is 10.4. The molecular formula is C11H17N3O2. The Kier molecular flexibility index (Phi) is 3.96. The van der Waals surface area contributed by atoms with Crippen LogP contribution >= 0.6 is 0 Å². The van der Waals surface area contributed by atoms with Crippen LogP contribution in [0.15, 0.2) is 18.2 Å². The summed E-state index contributed by atoms with van der Waals surface area (Å²) in [6, 6.07) is 5.72. The van der Waals surface area contributed by atoms with Crippen molar-refractivity contribution in [1.29, 1.82) is 0 Å². The largest absolute Gasteiger partial charge is 0.478 e. The molecule has 0 aliphatic carbocycles. The third-order valence-corrected chi connectivity index (χ3v) is 2.30. The molecule has 1 aliphatic rings. The maximum absolute atomic E-state index is 5.34. The first-order valence-corrected chi connectivity index (χ1v) is 5.57. The Morgan fingerprint density at radius 1 is 1.44 bits per heavy atom. The van der Waals surface area contributed by atoms with Crippen LogP contribution in [0.4, 0.5) is 5.82 Å². The highest BCUT2D eigenvalue weighted by Gasteiger charge is 2.10. The summed E-state index contributed by atoms with van der Waals surface area (Å²) >= 11 is 0. The second-order valence-corrected chi connectivity index (χ2v) is 3.51. The highest BCUT2D eigenvalue weighted by atomic mass is 16.5. The molecule has 0 amide bonds. The zero-order valence-corrected chi connectivity index (χ0v) is 9.48. The molecule has 2 heterocycles. The van der Waals surface area contributed by atoms with Gasteiger partial charge in [-0.3, -0.25) is 0 Å². The van der Waals surface area contributed by atoms with Crippen molar-refractivity contribution in [2.75, 3.05) is 38.3 Å². The van der Waals surface area contributed by atoms with E-state index in [1.54, 1.807) is 0 Å². The summed E-state index contributed by atoms with van der Waals surface area (Å²) in [5.41, 5.74) is 3.24. The summed E-state index contributed by atoms with van der Waals surface area (Å²) in [6.45, 7) is 5.86. The highest BCUT2D eigenvalue weighted by Crippen LogP contribution is 2.12. The first kappa shape index (κ1) is 11.2. The fourth-order valence-corrected chi connectivity index (χ4v) is 1.54. The van der Waals surface area contributed by atoms with Gasteiger partial charge < -0.3 is 14.9 Å². The maximum Gasteiger partial charge on any atom is 0.215 e. The number of pyridine rings is 1. The van der Waals surface area contributed by atoms with Crippen molar-refractivity contribution >= 4 is 5.82 Å². The lowest BCUT2D eigenvalue weighted by Gasteiger charge is -2.27. The summed E-state index contributed by atoms with van der Waals surface area (Å²) in [6.07, 6.45) is 0. The zero-order valence-electron chi connectivity index (χ0n) is 9.48. The van der Waals surface area contributed by atoms with E-state index >= 15 is 0 Å². The third-order valence-electron chi connectivity index (χ3n) is 2.30. The molecular weight excluding hydrogens is 206 g/mol. The van der Waals surface area contributed by atoms with Crippen LogP contribution in [0.5, 0.6) is 5.88 Å². The van der Waals surface area contributed by atoms with Crippen molar-refractivity contribution < 1.29 is 9.47 Å². The van der Waals surface area contributed by atoms with E-state index in [2.05, 4.69) is 15.4 Å². The minimum absolute atomic E-state index is 0.633. The SMILES string of the molecule is CCOc1cccc(NN2CCOCC2)n1. The van der Waals surface area contributed by atoms with Crippen LogP contribution in [-0.2, 0) is 4.74 Å². The van der Waals surface area contributed by atoms with E-state index in [-0.39, 0.29) is 0 Å². The minimum Gasteiger partial charge on any atom is -0.478 e. The van der Waals surface area contributed by atoms with Crippen molar-refractivity contribution in [2.45, 2.75) is 6.92 Å². The molecule has 0 atom stereocenters. The molecule has 0 radical (unpaired) electrons. The zero-order chi connectivity index (χ0) is 11.2. The normalized spacial score (nSPS) is 17.1. The summed E-state index contributed by atoms with van der Waals surface area (Å²) in [4.78, 5) is 4.34. The van der Waals surface area contributed by atoms with Gasteiger partial charge >= 0.3 is 0 Å². The van der Waals surface area contributed by atoms with Gasteiger partial charge in [0.1, 0.15) is 5.82 Å². The number of hydrogen-bond acceptors (Lipinski definition) is 5. The number of ether oxygens (including phenoxy) is 2. The smallest absolute Gasteiger partial charge is 0.215 e. The second kappa shape index (κ2) is 5.67. The molecule has 2 rings (SSSR count). The van der Waals surface area contributed by atoms with Crippen LogP contribution in [0.25, 0.3) is 0 Å². The number of nitrogens with one attached hydrogen (secondary N) is 1. The highest BCUT2D eigenvalue weighted by molar-refractivity contribution is 5.36. The molecule has 1 aromatic heterocycles. The van der Waals surface area contributed by atoms with Gasteiger partial charge in [-0.1, -0.05) is 6.07 Å². The number of morpholine rings is 1. The topological polar surface area (TPSA) is 46.6 Å². The molecule has 1 N–H and O–H groups in total. The lowest BCUT2D eigenvalue weighted by Crippen LogP contribution is -2.40. The molecule has 16 heavy (non-hydrogen) atoms. The molecule has 5 nitrogen and oxygen atoms in total. The second-order valence-electron chi connectivity index (χ2n) is 3.51. The van der Waals surface area contributed by atoms with Gasteiger partial charge in [-0.2, -0.15) is 4.98 Å². The van der Waals surface area contributed by atoms with Crippen LogP contribution in [0.2, 0.25) is 0 Å². The number of aromatic nitrogens is 1. The molecule has 0 saturated carbocycles. The monoisotopic (exact) mass is 223 g/mol. The molecule has 1 aliphatic heterocycles. The van der Waals surface area contributed by atoms with Gasteiger partial charge in [-0.15, -0.1) is 0 Å². The van der Waals surface area contributed by atoms with Crippen molar-refractivity contribution in [3.63, 3.8) is 0 Å². The quantitative estimate of drug-likeness (QED) is 0.829. The third kappa shape index (κ3) is 3.08. The van der Waals surface area contributed by atoms with Gasteiger partial charge in [0.05, 0.1) is 19.8 Å². The Hall–Kier alpha value is -1.33. The molecule has 1 fully saturated rings. The van der Waals surface area contributed by atoms with E-state index in [4.69, 9.17) is 9.47 Å². The van der Waals surface area contributed by atoms with Gasteiger partial charge in [-0.25, -0.2) is 5.01 Å². The number of rotatable bonds is 4. The van der Waals surface area contributed by atoms with Crippen molar-refractivity contribution in [3.8, 4) is 5.88 Å². The molecule has 0 spiro atoms. The number of hydrogen-bond donors (Lipinski definition) is 1. The molecule has 0 unspecified atom stereocenters. The van der Waals surface area contributed by atoms with Crippen molar-refractivity contribution in [1.82, 2.24) is 9.99 Å². The fraction of sp³-hybridized carbons (Fsp3) is 0.545. The van der Waals surface area contributed by atoms with Crippen molar-refractivity contribution in [2.24, 2.45) is 0 Å². The Balaban J connectivity index is 1.94. The molecule has 0 aromatic carbocycles. The van der Waals surface area contributed by atoms with E-state index in [0.29, 0.717) is 12.5 Å². The van der Waals surface area contributed by atoms with Crippen molar-refractivity contribution in [3.05, 3.63) is 18.2 Å². The fourth-order valence-electron chi connectivity index (χ4n) is 1.54. The van der Waals surface area contributed by atoms with Gasteiger partial charge in [0.25, 0.3) is 0 Å². The Morgan fingerprint density at radius 2 is 2.25 bits per heavy atom. The van der Waals surface area contributed by atoms with Gasteiger partial charge in [0, 0.05) is 19.2 Å². The van der Waals surface area contributed by atoms with Crippen LogP contribution in [-0.4, -0.2) is 42.9 Å². The Bertz CT molecular complexity index is 327. The van der Waals surface area contributed by atoms with Crippen LogP contribution in [0.1, 0.15) is 6.92 Å². The van der Waals surface area contributed by atoms with E-state index in [1.807, 2.05) is 25.1 Å². The average Bonchev–Trinajstić information content (AvgIpc) is 2.31. The van der Waals surface area contributed by atoms with E-state index in [0.717, 1.165) is 32.1 Å². The summed E-state index contributed by atoms with van der Waals surface area (Å²) in [7, 11) is 0. The van der Waals surface area contributed by atoms with E-state index in [9.17, 15) is 0 Å². The number of nitrogens with zero attached hydrogens (tertiary/aromatic N) is 2. The first-order chi connectivity index (χ1) is 7.88.